The van der Waals surface area contributed by atoms with Gasteiger partial charge in [0, 0.05) is 18.8 Å². The van der Waals surface area contributed by atoms with Crippen molar-refractivity contribution in [3.05, 3.63) is 66.0 Å². The lowest BCUT2D eigenvalue weighted by Crippen LogP contribution is -2.35. The van der Waals surface area contributed by atoms with Crippen LogP contribution in [-0.4, -0.2) is 46.8 Å². The zero-order valence-corrected chi connectivity index (χ0v) is 17.0. The van der Waals surface area contributed by atoms with E-state index in [1.54, 1.807) is 12.1 Å². The van der Waals surface area contributed by atoms with E-state index in [1.807, 2.05) is 12.1 Å². The number of likely N-dealkylation sites (tertiary alicyclic amines) is 1. The van der Waals surface area contributed by atoms with Crippen LogP contribution >= 0.6 is 0 Å². The number of piperidine rings is 1. The highest BCUT2D eigenvalue weighted by Gasteiger charge is 2.20. The molecule has 4 rings (SSSR count). The lowest BCUT2D eigenvalue weighted by Gasteiger charge is -2.29. The number of ether oxygens (including phenoxy) is 1. The Morgan fingerprint density at radius 1 is 1.13 bits per heavy atom. The Hall–Kier alpha value is -3.46. The summed E-state index contributed by atoms with van der Waals surface area (Å²) in [6.07, 6.45) is 3.46. The van der Waals surface area contributed by atoms with Gasteiger partial charge >= 0.3 is 0 Å². The number of para-hydroxylation sites is 1. The fourth-order valence-corrected chi connectivity index (χ4v) is 3.54. The summed E-state index contributed by atoms with van der Waals surface area (Å²) in [6, 6.07) is 10.7. The van der Waals surface area contributed by atoms with Crippen molar-refractivity contribution in [1.29, 1.82) is 0 Å². The molecule has 31 heavy (non-hydrogen) atoms. The lowest BCUT2D eigenvalue weighted by molar-refractivity contribution is 0.0996. The smallest absolute Gasteiger partial charge is 0.271 e. The van der Waals surface area contributed by atoms with Crippen molar-refractivity contribution < 1.29 is 18.3 Å². The van der Waals surface area contributed by atoms with Crippen molar-refractivity contribution in [3.8, 4) is 11.4 Å². The van der Waals surface area contributed by atoms with E-state index in [0.29, 0.717) is 5.69 Å². The van der Waals surface area contributed by atoms with Gasteiger partial charge in [-0.15, -0.1) is 0 Å². The topological polar surface area (TPSA) is 85.4 Å². The first-order valence-corrected chi connectivity index (χ1v) is 9.97. The standard InChI is InChI=1S/C22H23F2N5O2/c1-28-11-9-16(10-12-28)31-15-7-5-14(6-8-15)26-19-13-29(27-20(19)22(25)30)21-17(23)3-2-4-18(21)24/h2-8,13,16,26H,9-12H2,1H3,(H2,25,30). The molecule has 1 aliphatic rings. The van der Waals surface area contributed by atoms with Crippen LogP contribution in [0.15, 0.2) is 48.7 Å². The van der Waals surface area contributed by atoms with Gasteiger partial charge < -0.3 is 20.7 Å². The molecule has 3 aromatic rings. The number of nitrogens with zero attached hydrogens (tertiary/aromatic N) is 3. The lowest BCUT2D eigenvalue weighted by atomic mass is 10.1. The number of hydrogen-bond acceptors (Lipinski definition) is 5. The van der Waals surface area contributed by atoms with Gasteiger partial charge in [0.25, 0.3) is 5.91 Å². The molecular weight excluding hydrogens is 404 g/mol. The Morgan fingerprint density at radius 2 is 1.77 bits per heavy atom. The second-order valence-electron chi connectivity index (χ2n) is 7.54. The minimum Gasteiger partial charge on any atom is -0.490 e. The molecule has 0 saturated carbocycles. The largest absolute Gasteiger partial charge is 0.490 e. The molecule has 1 fully saturated rings. The number of nitrogens with two attached hydrogens (primary N) is 1. The number of anilines is 2. The molecule has 0 unspecified atom stereocenters. The monoisotopic (exact) mass is 427 g/mol. The molecular formula is C22H23F2N5O2. The molecule has 0 spiro atoms. The van der Waals surface area contributed by atoms with Crippen LogP contribution in [0.5, 0.6) is 5.75 Å². The van der Waals surface area contributed by atoms with Gasteiger partial charge in [0.15, 0.2) is 17.3 Å². The summed E-state index contributed by atoms with van der Waals surface area (Å²) in [5, 5.41) is 7.00. The molecule has 2 heterocycles. The molecule has 0 aliphatic carbocycles. The zero-order valence-electron chi connectivity index (χ0n) is 17.0. The molecule has 3 N–H and O–H groups in total. The van der Waals surface area contributed by atoms with Crippen molar-refractivity contribution in [2.45, 2.75) is 18.9 Å². The van der Waals surface area contributed by atoms with Crippen molar-refractivity contribution in [3.63, 3.8) is 0 Å². The van der Waals surface area contributed by atoms with Gasteiger partial charge in [-0.2, -0.15) is 5.10 Å². The first-order valence-electron chi connectivity index (χ1n) is 9.97. The third-order valence-electron chi connectivity index (χ3n) is 5.22. The van der Waals surface area contributed by atoms with E-state index in [0.717, 1.165) is 48.5 Å². The van der Waals surface area contributed by atoms with E-state index in [-0.39, 0.29) is 23.2 Å². The van der Waals surface area contributed by atoms with Gasteiger partial charge in [-0.1, -0.05) is 6.07 Å². The first-order chi connectivity index (χ1) is 14.9. The maximum Gasteiger partial charge on any atom is 0.271 e. The second kappa shape index (κ2) is 8.73. The Bertz CT molecular complexity index is 1060. The number of aromatic nitrogens is 2. The molecule has 0 radical (unpaired) electrons. The third-order valence-corrected chi connectivity index (χ3v) is 5.22. The second-order valence-corrected chi connectivity index (χ2v) is 7.54. The van der Waals surface area contributed by atoms with Crippen LogP contribution in [-0.2, 0) is 0 Å². The van der Waals surface area contributed by atoms with E-state index in [1.165, 1.54) is 12.3 Å². The summed E-state index contributed by atoms with van der Waals surface area (Å²) in [5.74, 6) is -1.68. The normalized spacial score (nSPS) is 15.1. The van der Waals surface area contributed by atoms with E-state index < -0.39 is 17.5 Å². The number of rotatable bonds is 6. The third kappa shape index (κ3) is 4.66. The molecule has 0 bridgehead atoms. The number of nitrogens with one attached hydrogen (secondary N) is 1. The summed E-state index contributed by atoms with van der Waals surface area (Å²) in [7, 11) is 2.10. The Morgan fingerprint density at radius 3 is 2.39 bits per heavy atom. The predicted octanol–water partition coefficient (Wildman–Crippen LogP) is 3.47. The number of amides is 1. The SMILES string of the molecule is CN1CCC(Oc2ccc(Nc3cn(-c4c(F)cccc4F)nc3C(N)=O)cc2)CC1. The average molecular weight is 427 g/mol. The number of halogens is 2. The van der Waals surface area contributed by atoms with Crippen LogP contribution in [0.2, 0.25) is 0 Å². The van der Waals surface area contributed by atoms with Gasteiger partial charge in [0.05, 0.1) is 11.9 Å². The predicted molar refractivity (Wildman–Crippen MR) is 113 cm³/mol. The molecule has 1 aliphatic heterocycles. The van der Waals surface area contributed by atoms with Crippen LogP contribution in [0.3, 0.4) is 0 Å². The Labute approximate surface area is 178 Å². The molecule has 1 amide bonds. The van der Waals surface area contributed by atoms with Crippen LogP contribution in [0.4, 0.5) is 20.2 Å². The zero-order chi connectivity index (χ0) is 22.0. The molecule has 7 nitrogen and oxygen atoms in total. The van der Waals surface area contributed by atoms with E-state index in [2.05, 4.69) is 22.4 Å². The minimum absolute atomic E-state index is 0.130. The number of hydrogen-bond donors (Lipinski definition) is 2. The molecule has 2 aromatic carbocycles. The highest BCUT2D eigenvalue weighted by molar-refractivity contribution is 5.97. The number of carbonyl (C=O) groups excluding carboxylic acids is 1. The summed E-state index contributed by atoms with van der Waals surface area (Å²) < 4.78 is 35.2. The van der Waals surface area contributed by atoms with E-state index in [9.17, 15) is 13.6 Å². The maximum atomic E-state index is 14.1. The van der Waals surface area contributed by atoms with Gasteiger partial charge in [0.2, 0.25) is 0 Å². The summed E-state index contributed by atoms with van der Waals surface area (Å²) in [5.41, 5.74) is 5.77. The number of primary amides is 1. The molecule has 0 atom stereocenters. The number of benzene rings is 2. The molecule has 162 valence electrons. The molecule has 1 saturated heterocycles. The number of carbonyl (C=O) groups is 1. The Kier molecular flexibility index (Phi) is 5.85. The highest BCUT2D eigenvalue weighted by atomic mass is 19.1. The summed E-state index contributed by atoms with van der Waals surface area (Å²) in [6.45, 7) is 2.01. The van der Waals surface area contributed by atoms with E-state index >= 15 is 0 Å². The molecule has 9 heteroatoms. The van der Waals surface area contributed by atoms with Crippen LogP contribution in [0.1, 0.15) is 23.3 Å². The van der Waals surface area contributed by atoms with Crippen LogP contribution in [0.25, 0.3) is 5.69 Å². The summed E-state index contributed by atoms with van der Waals surface area (Å²) in [4.78, 5) is 14.1. The van der Waals surface area contributed by atoms with Crippen molar-refractivity contribution in [1.82, 2.24) is 14.7 Å². The highest BCUT2D eigenvalue weighted by Crippen LogP contribution is 2.26. The minimum atomic E-state index is -0.819. The van der Waals surface area contributed by atoms with Gasteiger partial charge in [-0.3, -0.25) is 4.79 Å². The fourth-order valence-electron chi connectivity index (χ4n) is 3.54. The fraction of sp³-hybridized carbons (Fsp3) is 0.273. The van der Waals surface area contributed by atoms with Crippen molar-refractivity contribution >= 4 is 17.3 Å². The van der Waals surface area contributed by atoms with Gasteiger partial charge in [-0.25, -0.2) is 13.5 Å². The van der Waals surface area contributed by atoms with Crippen molar-refractivity contribution in [2.24, 2.45) is 5.73 Å². The van der Waals surface area contributed by atoms with Gasteiger partial charge in [-0.05, 0) is 56.3 Å². The Balaban J connectivity index is 1.52. The first kappa shape index (κ1) is 20.8. The average Bonchev–Trinajstić information content (AvgIpc) is 3.14. The van der Waals surface area contributed by atoms with E-state index in [4.69, 9.17) is 10.5 Å². The van der Waals surface area contributed by atoms with Crippen molar-refractivity contribution in [2.75, 3.05) is 25.5 Å². The maximum absolute atomic E-state index is 14.1. The molecule has 1 aromatic heterocycles. The van der Waals surface area contributed by atoms with Crippen LogP contribution in [0, 0.1) is 11.6 Å². The van der Waals surface area contributed by atoms with Crippen LogP contribution < -0.4 is 15.8 Å². The summed E-state index contributed by atoms with van der Waals surface area (Å²) >= 11 is 0. The quantitative estimate of drug-likeness (QED) is 0.629. The van der Waals surface area contributed by atoms with Gasteiger partial charge in [0.1, 0.15) is 17.5 Å².